The van der Waals surface area contributed by atoms with Crippen molar-refractivity contribution >= 4 is 0 Å². The van der Waals surface area contributed by atoms with Crippen molar-refractivity contribution in [3.05, 3.63) is 77.6 Å². The van der Waals surface area contributed by atoms with Gasteiger partial charge in [-0.1, -0.05) is 6.07 Å². The van der Waals surface area contributed by atoms with Gasteiger partial charge in [-0.15, -0.1) is 0 Å². The highest BCUT2D eigenvalue weighted by Gasteiger charge is 2.54. The minimum Gasteiger partial charge on any atom is -0.458 e. The van der Waals surface area contributed by atoms with Gasteiger partial charge in [0.2, 0.25) is 0 Å². The largest absolute Gasteiger partial charge is 0.458 e. The number of imidazole rings is 1. The van der Waals surface area contributed by atoms with Crippen LogP contribution in [0.2, 0.25) is 0 Å². The number of ether oxygens (including phenoxy) is 2. The second-order valence-corrected chi connectivity index (χ2v) is 6.69. The maximum atomic E-state index is 14.2. The van der Waals surface area contributed by atoms with E-state index >= 15 is 0 Å². The molecule has 1 fully saturated rings. The maximum absolute atomic E-state index is 14.2. The van der Waals surface area contributed by atoms with Gasteiger partial charge in [-0.25, -0.2) is 13.8 Å². The van der Waals surface area contributed by atoms with Crippen LogP contribution in [-0.4, -0.2) is 22.3 Å². The summed E-state index contributed by atoms with van der Waals surface area (Å²) in [5.41, 5.74) is -1.28. The van der Waals surface area contributed by atoms with Gasteiger partial charge in [0.05, 0.1) is 17.9 Å². The fourth-order valence-electron chi connectivity index (χ4n) is 3.16. The Labute approximate surface area is 162 Å². The van der Waals surface area contributed by atoms with Gasteiger partial charge in [-0.05, 0) is 37.3 Å². The van der Waals surface area contributed by atoms with E-state index in [4.69, 9.17) is 9.47 Å². The molecule has 152 valence electrons. The SMILES string of the molecule is C[C@@H](Oc1nccn1-c1ccc(C(F)(F)F)cc1)[C@@]1(c2ccc(F)cc2F)CO1. The Morgan fingerprint density at radius 1 is 1.14 bits per heavy atom. The van der Waals surface area contributed by atoms with E-state index in [9.17, 15) is 22.0 Å². The van der Waals surface area contributed by atoms with Crippen molar-refractivity contribution in [2.45, 2.75) is 24.8 Å². The third kappa shape index (κ3) is 3.57. The van der Waals surface area contributed by atoms with Crippen molar-refractivity contribution in [2.24, 2.45) is 0 Å². The van der Waals surface area contributed by atoms with Crippen molar-refractivity contribution in [1.82, 2.24) is 9.55 Å². The number of rotatable bonds is 5. The molecule has 1 aromatic heterocycles. The lowest BCUT2D eigenvalue weighted by molar-refractivity contribution is -0.137. The Morgan fingerprint density at radius 2 is 1.83 bits per heavy atom. The molecule has 0 unspecified atom stereocenters. The van der Waals surface area contributed by atoms with Crippen LogP contribution in [0.25, 0.3) is 5.69 Å². The van der Waals surface area contributed by atoms with Crippen LogP contribution < -0.4 is 4.74 Å². The molecule has 1 aliphatic rings. The molecule has 1 saturated heterocycles. The van der Waals surface area contributed by atoms with Gasteiger partial charge < -0.3 is 9.47 Å². The first kappa shape index (κ1) is 19.4. The number of nitrogens with zero attached hydrogens (tertiary/aromatic N) is 2. The normalized spacial score (nSPS) is 19.8. The minimum absolute atomic E-state index is 0.106. The van der Waals surface area contributed by atoms with Gasteiger partial charge in [-0.2, -0.15) is 13.2 Å². The van der Waals surface area contributed by atoms with E-state index in [0.717, 1.165) is 24.3 Å². The zero-order valence-corrected chi connectivity index (χ0v) is 15.1. The highest BCUT2D eigenvalue weighted by molar-refractivity contribution is 5.38. The molecular weight excluding hydrogens is 395 g/mol. The summed E-state index contributed by atoms with van der Waals surface area (Å²) in [5.74, 6) is -1.45. The zero-order chi connectivity index (χ0) is 20.8. The molecule has 0 saturated carbocycles. The minimum atomic E-state index is -4.43. The molecule has 0 spiro atoms. The molecular formula is C20H15F5N2O2. The lowest BCUT2D eigenvalue weighted by atomic mass is 9.94. The first-order chi connectivity index (χ1) is 13.7. The maximum Gasteiger partial charge on any atom is 0.416 e. The average molecular weight is 410 g/mol. The van der Waals surface area contributed by atoms with E-state index in [1.165, 1.54) is 35.2 Å². The summed E-state index contributed by atoms with van der Waals surface area (Å²) >= 11 is 0. The molecule has 0 amide bonds. The van der Waals surface area contributed by atoms with Crippen molar-refractivity contribution in [2.75, 3.05) is 6.61 Å². The highest BCUT2D eigenvalue weighted by Crippen LogP contribution is 2.44. The monoisotopic (exact) mass is 410 g/mol. The summed E-state index contributed by atoms with van der Waals surface area (Å²) in [6.45, 7) is 1.83. The summed E-state index contributed by atoms with van der Waals surface area (Å²) < 4.78 is 78.5. The Hall–Kier alpha value is -2.94. The molecule has 0 bridgehead atoms. The van der Waals surface area contributed by atoms with Gasteiger partial charge in [0.25, 0.3) is 0 Å². The number of halogens is 5. The summed E-state index contributed by atoms with van der Waals surface area (Å²) in [6, 6.07) is 7.83. The summed E-state index contributed by atoms with van der Waals surface area (Å²) in [4.78, 5) is 4.08. The quantitative estimate of drug-likeness (QED) is 0.445. The van der Waals surface area contributed by atoms with E-state index in [2.05, 4.69) is 4.98 Å². The van der Waals surface area contributed by atoms with Crippen LogP contribution >= 0.6 is 0 Å². The third-order valence-electron chi connectivity index (χ3n) is 4.86. The smallest absolute Gasteiger partial charge is 0.416 e. The predicted molar refractivity (Wildman–Crippen MR) is 92.6 cm³/mol. The van der Waals surface area contributed by atoms with Crippen molar-refractivity contribution in [3.8, 4) is 11.7 Å². The fraction of sp³-hybridized carbons (Fsp3) is 0.250. The van der Waals surface area contributed by atoms with Gasteiger partial charge >= 0.3 is 12.2 Å². The van der Waals surface area contributed by atoms with Crippen LogP contribution in [0.5, 0.6) is 6.01 Å². The molecule has 3 aromatic rings. The standard InChI is InChI=1S/C20H15F5N2O2/c1-12(19(11-28-19)16-7-4-14(21)10-17(16)22)29-18-26-8-9-27(18)15-5-2-13(3-6-15)20(23,24)25/h2-10,12H,11H2,1H3/t12-,19-/m1/s1. The van der Waals surface area contributed by atoms with E-state index in [1.54, 1.807) is 6.92 Å². The molecule has 9 heteroatoms. The molecule has 29 heavy (non-hydrogen) atoms. The lowest BCUT2D eigenvalue weighted by Gasteiger charge is -2.22. The Morgan fingerprint density at radius 3 is 2.41 bits per heavy atom. The van der Waals surface area contributed by atoms with E-state index in [0.29, 0.717) is 5.69 Å². The Kier molecular flexibility index (Phi) is 4.57. The van der Waals surface area contributed by atoms with E-state index < -0.39 is 35.1 Å². The van der Waals surface area contributed by atoms with Crippen molar-refractivity contribution in [1.29, 1.82) is 0 Å². The van der Waals surface area contributed by atoms with Crippen LogP contribution in [0.1, 0.15) is 18.1 Å². The van der Waals surface area contributed by atoms with Gasteiger partial charge in [0.1, 0.15) is 17.7 Å². The second-order valence-electron chi connectivity index (χ2n) is 6.69. The number of hydrogen-bond acceptors (Lipinski definition) is 3. The molecule has 2 aromatic carbocycles. The lowest BCUT2D eigenvalue weighted by Crippen LogP contribution is -2.32. The van der Waals surface area contributed by atoms with Gasteiger partial charge in [0, 0.05) is 24.0 Å². The molecule has 4 rings (SSSR count). The number of epoxide rings is 1. The van der Waals surface area contributed by atoms with Crippen LogP contribution in [-0.2, 0) is 16.5 Å². The third-order valence-corrected chi connectivity index (χ3v) is 4.86. The van der Waals surface area contributed by atoms with Gasteiger partial charge in [0.15, 0.2) is 5.60 Å². The van der Waals surface area contributed by atoms with Crippen LogP contribution in [0, 0.1) is 11.6 Å². The number of aromatic nitrogens is 2. The molecule has 2 atom stereocenters. The molecule has 0 aliphatic carbocycles. The summed E-state index contributed by atoms with van der Waals surface area (Å²) in [6.07, 6.45) is -2.17. The van der Waals surface area contributed by atoms with Crippen molar-refractivity contribution in [3.63, 3.8) is 0 Å². The molecule has 4 nitrogen and oxygen atoms in total. The van der Waals surface area contributed by atoms with E-state index in [-0.39, 0.29) is 18.2 Å². The molecule has 2 heterocycles. The zero-order valence-electron chi connectivity index (χ0n) is 15.1. The second kappa shape index (κ2) is 6.84. The molecule has 0 N–H and O–H groups in total. The number of alkyl halides is 3. The highest BCUT2D eigenvalue weighted by atomic mass is 19.4. The van der Waals surface area contributed by atoms with Crippen LogP contribution in [0.15, 0.2) is 54.9 Å². The van der Waals surface area contributed by atoms with E-state index in [1.807, 2.05) is 0 Å². The summed E-state index contributed by atoms with van der Waals surface area (Å²) in [7, 11) is 0. The topological polar surface area (TPSA) is 39.6 Å². The number of benzene rings is 2. The molecule has 0 radical (unpaired) electrons. The fourth-order valence-corrected chi connectivity index (χ4v) is 3.16. The summed E-state index contributed by atoms with van der Waals surface area (Å²) in [5, 5.41) is 0. The number of hydrogen-bond donors (Lipinski definition) is 0. The first-order valence-electron chi connectivity index (χ1n) is 8.68. The Bertz CT molecular complexity index is 1030. The van der Waals surface area contributed by atoms with Crippen LogP contribution in [0.4, 0.5) is 22.0 Å². The van der Waals surface area contributed by atoms with Crippen LogP contribution in [0.3, 0.4) is 0 Å². The Balaban J connectivity index is 1.58. The van der Waals surface area contributed by atoms with Crippen molar-refractivity contribution < 1.29 is 31.4 Å². The predicted octanol–water partition coefficient (Wildman–Crippen LogP) is 4.86. The first-order valence-corrected chi connectivity index (χ1v) is 8.68. The molecule has 1 aliphatic heterocycles. The van der Waals surface area contributed by atoms with Gasteiger partial charge in [-0.3, -0.25) is 4.57 Å². The average Bonchev–Trinajstić information content (AvgIpc) is 3.34.